The Kier molecular flexibility index (Phi) is 20.9. The van der Waals surface area contributed by atoms with Crippen molar-refractivity contribution in [2.75, 3.05) is 11.9 Å². The Morgan fingerprint density at radius 3 is 1.70 bits per heavy atom. The summed E-state index contributed by atoms with van der Waals surface area (Å²) in [7, 11) is -3.93. The highest BCUT2D eigenvalue weighted by Crippen LogP contribution is 2.30. The third-order valence-corrected chi connectivity index (χ3v) is 13.2. The molecule has 0 fully saturated rings. The van der Waals surface area contributed by atoms with Crippen molar-refractivity contribution in [3.05, 3.63) is 142 Å². The quantitative estimate of drug-likeness (QED) is 0.0289. The Balaban J connectivity index is 1.16. The average molecular weight is 915 g/mol. The van der Waals surface area contributed by atoms with E-state index in [-0.39, 0.29) is 31.8 Å². The number of hydrogen-bond donors (Lipinski definition) is 1. The molecule has 0 saturated heterocycles. The first-order valence-corrected chi connectivity index (χ1v) is 24.7. The summed E-state index contributed by atoms with van der Waals surface area (Å²) >= 11 is 12.6. The molecule has 0 aliphatic heterocycles. The third kappa shape index (κ3) is 16.3. The fraction of sp³-hybridized carbons (Fsp3) is 0.385. The molecule has 0 aliphatic carbocycles. The topological polar surface area (TPSA) is 108 Å². The lowest BCUT2D eigenvalue weighted by molar-refractivity contribution is -0.120. The van der Waals surface area contributed by atoms with Crippen LogP contribution in [0.25, 0.3) is 0 Å². The van der Waals surface area contributed by atoms with E-state index in [1.54, 1.807) is 42.5 Å². The largest absolute Gasteiger partial charge is 0.493 e. The zero-order chi connectivity index (χ0) is 44.7. The Labute approximate surface area is 384 Å². The van der Waals surface area contributed by atoms with Crippen LogP contribution in [0.2, 0.25) is 10.0 Å². The van der Waals surface area contributed by atoms with E-state index in [0.29, 0.717) is 29.7 Å². The Morgan fingerprint density at radius 2 is 1.11 bits per heavy atom. The molecular formula is C52H61Cl2NO7S. The van der Waals surface area contributed by atoms with Crippen LogP contribution in [0.1, 0.15) is 126 Å². The summed E-state index contributed by atoms with van der Waals surface area (Å²) in [6, 6.07) is 32.7. The minimum absolute atomic E-state index is 0.00123. The molecule has 8 nitrogen and oxygen atoms in total. The summed E-state index contributed by atoms with van der Waals surface area (Å²) in [5, 5.41) is 3.22. The van der Waals surface area contributed by atoms with Gasteiger partial charge in [-0.2, -0.15) is 0 Å². The molecule has 1 atom stereocenters. The van der Waals surface area contributed by atoms with Gasteiger partial charge in [0.25, 0.3) is 5.91 Å². The smallest absolute Gasteiger partial charge is 0.273 e. The van der Waals surface area contributed by atoms with Gasteiger partial charge in [-0.15, -0.1) is 0 Å². The molecule has 5 rings (SSSR count). The summed E-state index contributed by atoms with van der Waals surface area (Å²) < 4.78 is 45.2. The third-order valence-electron chi connectivity index (χ3n) is 10.8. The maximum absolute atomic E-state index is 14.3. The number of rotatable bonds is 29. The van der Waals surface area contributed by atoms with Crippen molar-refractivity contribution >= 4 is 50.4 Å². The molecule has 5 aromatic carbocycles. The maximum atomic E-state index is 14.3. The number of halogens is 2. The van der Waals surface area contributed by atoms with Gasteiger partial charge >= 0.3 is 0 Å². The summed E-state index contributed by atoms with van der Waals surface area (Å²) in [5.74, 6) is -0.497. The molecule has 1 N–H and O–H groups in total. The number of Topliss-reactive ketones (excluding diaryl/α,β-unsaturated/α-hetero) is 1. The van der Waals surface area contributed by atoms with Crippen LogP contribution in [0, 0.1) is 0 Å². The summed E-state index contributed by atoms with van der Waals surface area (Å²) in [6.07, 6.45) is 18.6. The first-order chi connectivity index (χ1) is 30.7. The lowest BCUT2D eigenvalue weighted by Gasteiger charge is -2.20. The van der Waals surface area contributed by atoms with E-state index < -0.39 is 27.6 Å². The van der Waals surface area contributed by atoms with Crippen LogP contribution >= 0.6 is 23.2 Å². The van der Waals surface area contributed by atoms with Gasteiger partial charge in [-0.3, -0.25) is 9.59 Å². The molecular weight excluding hydrogens is 854 g/mol. The Morgan fingerprint density at radius 1 is 0.587 bits per heavy atom. The molecule has 1 unspecified atom stereocenters. The van der Waals surface area contributed by atoms with Crippen LogP contribution in [0.3, 0.4) is 0 Å². The monoisotopic (exact) mass is 913 g/mol. The highest BCUT2D eigenvalue weighted by atomic mass is 35.5. The highest BCUT2D eigenvalue weighted by molar-refractivity contribution is 7.91. The van der Waals surface area contributed by atoms with Gasteiger partial charge in [-0.05, 0) is 90.8 Å². The number of ether oxygens (including phenoxy) is 3. The Bertz CT molecular complexity index is 2250. The normalized spacial score (nSPS) is 11.8. The number of amides is 1. The van der Waals surface area contributed by atoms with Gasteiger partial charge in [0.2, 0.25) is 21.7 Å². The van der Waals surface area contributed by atoms with E-state index in [1.807, 2.05) is 30.3 Å². The van der Waals surface area contributed by atoms with Crippen molar-refractivity contribution in [2.24, 2.45) is 0 Å². The number of anilines is 1. The van der Waals surface area contributed by atoms with Gasteiger partial charge in [0, 0.05) is 5.02 Å². The summed E-state index contributed by atoms with van der Waals surface area (Å²) in [6.45, 7) is 3.02. The van der Waals surface area contributed by atoms with Crippen LogP contribution in [0.5, 0.6) is 17.2 Å². The van der Waals surface area contributed by atoms with Crippen molar-refractivity contribution in [2.45, 2.75) is 132 Å². The van der Waals surface area contributed by atoms with E-state index >= 15 is 0 Å². The molecule has 0 bridgehead atoms. The Hall–Kier alpha value is -4.83. The second-order valence-corrected chi connectivity index (χ2v) is 18.6. The first kappa shape index (κ1) is 49.2. The molecule has 0 spiro atoms. The van der Waals surface area contributed by atoms with E-state index in [0.717, 1.165) is 24.8 Å². The van der Waals surface area contributed by atoms with E-state index in [4.69, 9.17) is 37.4 Å². The zero-order valence-corrected chi connectivity index (χ0v) is 38.7. The molecule has 11 heteroatoms. The number of carbonyl (C=O) groups excluding carboxylic acids is 2. The van der Waals surface area contributed by atoms with Crippen LogP contribution in [0.4, 0.5) is 5.69 Å². The van der Waals surface area contributed by atoms with Gasteiger partial charge in [0.1, 0.15) is 23.9 Å². The van der Waals surface area contributed by atoms with Gasteiger partial charge in [-0.1, -0.05) is 169 Å². The van der Waals surface area contributed by atoms with Gasteiger partial charge in [0.15, 0.2) is 0 Å². The molecule has 336 valence electrons. The molecule has 63 heavy (non-hydrogen) atoms. The van der Waals surface area contributed by atoms with Gasteiger partial charge in [0.05, 0.1) is 32.7 Å². The lowest BCUT2D eigenvalue weighted by Crippen LogP contribution is -2.40. The van der Waals surface area contributed by atoms with Crippen LogP contribution in [-0.2, 0) is 21.2 Å². The first-order valence-electron chi connectivity index (χ1n) is 22.5. The number of unbranched alkanes of at least 4 members (excludes halogenated alkanes) is 15. The lowest BCUT2D eigenvalue weighted by atomic mass is 10.0. The summed E-state index contributed by atoms with van der Waals surface area (Å²) in [4.78, 5) is 28.2. The van der Waals surface area contributed by atoms with Crippen LogP contribution in [-0.4, -0.2) is 32.8 Å². The molecule has 0 radical (unpaired) electrons. The summed E-state index contributed by atoms with van der Waals surface area (Å²) in [5.41, 5.74) is 1.35. The number of benzene rings is 5. The second-order valence-electron chi connectivity index (χ2n) is 15.8. The van der Waals surface area contributed by atoms with Crippen LogP contribution in [0.15, 0.2) is 131 Å². The average Bonchev–Trinajstić information content (AvgIpc) is 3.30. The van der Waals surface area contributed by atoms with Crippen LogP contribution < -0.4 is 19.5 Å². The highest BCUT2D eigenvalue weighted by Gasteiger charge is 2.33. The standard InChI is InChI=1S/C52H61Cl2NO7S/c1-2-3-4-5-6-7-8-9-10-11-12-13-14-15-16-22-37-60-49-26-21-20-25-46(49)50(56)51(52(57)55-48-38-41(53)27-36-47(48)54)62-43-30-34-45(35-31-43)63(58,59)44-32-28-42(29-33-44)61-39-40-23-18-17-19-24-40/h17-21,23-36,38,51H,2-16,22,37,39H2,1H3,(H,55,57). The SMILES string of the molecule is CCCCCCCCCCCCCCCCCCOc1ccccc1C(=O)C(Oc1ccc(S(=O)(=O)c2ccc(OCc3ccccc3)cc2)cc1)C(=O)Nc1cc(Cl)ccc1Cl. The molecule has 0 heterocycles. The van der Waals surface area contributed by atoms with Gasteiger partial charge in [-0.25, -0.2) is 8.42 Å². The molecule has 5 aromatic rings. The zero-order valence-electron chi connectivity index (χ0n) is 36.4. The predicted octanol–water partition coefficient (Wildman–Crippen LogP) is 14.3. The number of hydrogen-bond acceptors (Lipinski definition) is 7. The number of ketones is 1. The van der Waals surface area contributed by atoms with E-state index in [9.17, 15) is 18.0 Å². The van der Waals surface area contributed by atoms with Gasteiger partial charge < -0.3 is 19.5 Å². The van der Waals surface area contributed by atoms with E-state index in [2.05, 4.69) is 12.2 Å². The number of carbonyl (C=O) groups is 2. The van der Waals surface area contributed by atoms with Crippen molar-refractivity contribution in [3.8, 4) is 17.2 Å². The van der Waals surface area contributed by atoms with Crippen molar-refractivity contribution in [1.29, 1.82) is 0 Å². The van der Waals surface area contributed by atoms with Crippen molar-refractivity contribution in [3.63, 3.8) is 0 Å². The van der Waals surface area contributed by atoms with Crippen molar-refractivity contribution < 1.29 is 32.2 Å². The minimum Gasteiger partial charge on any atom is -0.493 e. The fourth-order valence-corrected chi connectivity index (χ4v) is 8.81. The number of para-hydroxylation sites is 1. The maximum Gasteiger partial charge on any atom is 0.273 e. The molecule has 0 saturated carbocycles. The molecule has 1 amide bonds. The molecule has 0 aromatic heterocycles. The predicted molar refractivity (Wildman–Crippen MR) is 254 cm³/mol. The minimum atomic E-state index is -3.93. The number of sulfone groups is 1. The van der Waals surface area contributed by atoms with Crippen molar-refractivity contribution in [1.82, 2.24) is 0 Å². The fourth-order valence-electron chi connectivity index (χ4n) is 7.21. The number of nitrogens with one attached hydrogen (secondary N) is 1. The molecule has 0 aliphatic rings. The second kappa shape index (κ2) is 26.7. The van der Waals surface area contributed by atoms with E-state index in [1.165, 1.54) is 132 Å².